The van der Waals surface area contributed by atoms with Crippen LogP contribution in [-0.4, -0.2) is 62.2 Å². The number of amides is 1. The first-order valence-corrected chi connectivity index (χ1v) is 11.9. The van der Waals surface area contributed by atoms with Crippen molar-refractivity contribution in [3.05, 3.63) is 48.3 Å². The fraction of sp³-hybridized carbons (Fsp3) is 0.417. The number of piperidine rings is 1. The molecule has 32 heavy (non-hydrogen) atoms. The van der Waals surface area contributed by atoms with Gasteiger partial charge in [0.1, 0.15) is 11.6 Å². The van der Waals surface area contributed by atoms with Crippen LogP contribution in [0.15, 0.2) is 42.5 Å². The largest absolute Gasteiger partial charge is 0.497 e. The molecule has 1 amide bonds. The maximum Gasteiger partial charge on any atom is 0.227 e. The average molecular weight is 455 g/mol. The second kappa shape index (κ2) is 8.94. The molecule has 168 valence electrons. The Bertz CT molecular complexity index is 1110. The highest BCUT2D eigenvalue weighted by Gasteiger charge is 2.32. The van der Waals surface area contributed by atoms with Gasteiger partial charge in [0.2, 0.25) is 5.91 Å². The molecule has 1 atom stereocenters. The Kier molecular flexibility index (Phi) is 5.87. The first-order chi connectivity index (χ1) is 15.6. The number of aromatic nitrogens is 1. The van der Waals surface area contributed by atoms with Crippen LogP contribution < -0.4 is 14.5 Å². The smallest absolute Gasteiger partial charge is 0.227 e. The normalized spacial score (nSPS) is 19.4. The van der Waals surface area contributed by atoms with Crippen molar-refractivity contribution in [2.75, 3.05) is 56.2 Å². The monoisotopic (exact) mass is 454 g/mol. The number of anilines is 2. The van der Waals surface area contributed by atoms with Crippen LogP contribution in [0.2, 0.25) is 0 Å². The minimum absolute atomic E-state index is 0.0229. The molecule has 0 aliphatic carbocycles. The number of hydrogen-bond acceptors (Lipinski definition) is 6. The van der Waals surface area contributed by atoms with Gasteiger partial charge in [0.15, 0.2) is 5.13 Å². The lowest BCUT2D eigenvalue weighted by atomic mass is 9.96. The number of benzene rings is 2. The third kappa shape index (κ3) is 4.11. The number of carbonyl (C=O) groups excluding carboxylic acids is 1. The number of fused-ring (bicyclic) bond motifs is 1. The third-order valence-corrected chi connectivity index (χ3v) is 7.49. The molecule has 0 N–H and O–H groups in total. The molecular weight excluding hydrogens is 427 g/mol. The Morgan fingerprint density at radius 3 is 2.69 bits per heavy atom. The summed E-state index contributed by atoms with van der Waals surface area (Å²) < 4.78 is 20.5. The predicted molar refractivity (Wildman–Crippen MR) is 126 cm³/mol. The van der Waals surface area contributed by atoms with Gasteiger partial charge in [-0.3, -0.25) is 4.79 Å². The van der Waals surface area contributed by atoms with Crippen LogP contribution in [0.3, 0.4) is 0 Å². The molecule has 5 rings (SSSR count). The van der Waals surface area contributed by atoms with Gasteiger partial charge in [-0.2, -0.15) is 0 Å². The molecule has 2 aliphatic heterocycles. The molecule has 0 bridgehead atoms. The summed E-state index contributed by atoms with van der Waals surface area (Å²) in [4.78, 5) is 24.3. The first-order valence-electron chi connectivity index (χ1n) is 11.1. The maximum absolute atomic E-state index is 14.1. The number of halogens is 1. The standard InChI is InChI=1S/C24H27FN4O2S/c1-31-18-8-9-20-22(15-18)32-24(26-20)29-10-4-5-17(16-29)23(30)28-13-11-27(12-14-28)21-7-3-2-6-19(21)25/h2-3,6-9,15,17H,4-5,10-14,16H2,1H3. The molecule has 1 unspecified atom stereocenters. The van der Waals surface area contributed by atoms with E-state index in [0.29, 0.717) is 38.4 Å². The van der Waals surface area contributed by atoms with Crippen LogP contribution in [0.4, 0.5) is 15.2 Å². The lowest BCUT2D eigenvalue weighted by Gasteiger charge is -2.39. The summed E-state index contributed by atoms with van der Waals surface area (Å²) in [6.45, 7) is 4.19. The molecule has 2 aromatic carbocycles. The number of nitrogens with zero attached hydrogens (tertiary/aromatic N) is 4. The lowest BCUT2D eigenvalue weighted by Crippen LogP contribution is -2.52. The number of thiazole rings is 1. The molecule has 3 aromatic rings. The van der Waals surface area contributed by atoms with E-state index in [9.17, 15) is 9.18 Å². The van der Waals surface area contributed by atoms with Gasteiger partial charge in [0, 0.05) is 39.3 Å². The van der Waals surface area contributed by atoms with E-state index >= 15 is 0 Å². The van der Waals surface area contributed by atoms with Gasteiger partial charge in [-0.25, -0.2) is 9.37 Å². The van der Waals surface area contributed by atoms with Crippen LogP contribution in [0, 0.1) is 11.7 Å². The van der Waals surface area contributed by atoms with Crippen molar-refractivity contribution in [3.63, 3.8) is 0 Å². The van der Waals surface area contributed by atoms with E-state index in [1.165, 1.54) is 6.07 Å². The molecule has 0 radical (unpaired) electrons. The van der Waals surface area contributed by atoms with Crippen molar-refractivity contribution in [2.24, 2.45) is 5.92 Å². The highest BCUT2D eigenvalue weighted by Crippen LogP contribution is 2.34. The summed E-state index contributed by atoms with van der Waals surface area (Å²) in [5.41, 5.74) is 1.58. The number of hydrogen-bond donors (Lipinski definition) is 0. The van der Waals surface area contributed by atoms with Gasteiger partial charge >= 0.3 is 0 Å². The van der Waals surface area contributed by atoms with E-state index in [2.05, 4.69) is 4.90 Å². The van der Waals surface area contributed by atoms with Gasteiger partial charge < -0.3 is 19.4 Å². The lowest BCUT2D eigenvalue weighted by molar-refractivity contribution is -0.136. The second-order valence-corrected chi connectivity index (χ2v) is 9.39. The van der Waals surface area contributed by atoms with Gasteiger partial charge in [-0.05, 0) is 43.2 Å². The number of para-hydroxylation sites is 1. The molecule has 1 aromatic heterocycles. The average Bonchev–Trinajstić information content (AvgIpc) is 3.27. The molecular formula is C24H27FN4O2S. The third-order valence-electron chi connectivity index (χ3n) is 6.41. The molecule has 0 spiro atoms. The summed E-state index contributed by atoms with van der Waals surface area (Å²) in [5.74, 6) is 0.813. The van der Waals surface area contributed by atoms with Crippen LogP contribution in [0.1, 0.15) is 12.8 Å². The van der Waals surface area contributed by atoms with Crippen LogP contribution in [0.5, 0.6) is 5.75 Å². The van der Waals surface area contributed by atoms with Crippen LogP contribution >= 0.6 is 11.3 Å². The van der Waals surface area contributed by atoms with Crippen molar-refractivity contribution in [3.8, 4) is 5.75 Å². The van der Waals surface area contributed by atoms with E-state index in [1.807, 2.05) is 34.1 Å². The zero-order chi connectivity index (χ0) is 22.1. The highest BCUT2D eigenvalue weighted by molar-refractivity contribution is 7.22. The fourth-order valence-corrected chi connectivity index (χ4v) is 5.67. The highest BCUT2D eigenvalue weighted by atomic mass is 32.1. The summed E-state index contributed by atoms with van der Waals surface area (Å²) in [6.07, 6.45) is 1.88. The van der Waals surface area contributed by atoms with Crippen LogP contribution in [-0.2, 0) is 4.79 Å². The van der Waals surface area contributed by atoms with Crippen LogP contribution in [0.25, 0.3) is 10.2 Å². The Hall–Kier alpha value is -2.87. The second-order valence-electron chi connectivity index (χ2n) is 8.38. The first kappa shape index (κ1) is 21.0. The predicted octanol–water partition coefficient (Wildman–Crippen LogP) is 4.01. The van der Waals surface area contributed by atoms with Crippen molar-refractivity contribution in [2.45, 2.75) is 12.8 Å². The summed E-state index contributed by atoms with van der Waals surface area (Å²) >= 11 is 1.65. The molecule has 6 nitrogen and oxygen atoms in total. The SMILES string of the molecule is COc1ccc2nc(N3CCCC(C(=O)N4CCN(c5ccccc5F)CC4)C3)sc2c1. The van der Waals surface area contributed by atoms with E-state index < -0.39 is 0 Å². The van der Waals surface area contributed by atoms with E-state index in [1.54, 1.807) is 30.6 Å². The Labute approximate surface area is 191 Å². The Balaban J connectivity index is 1.23. The number of methoxy groups -OCH3 is 1. The van der Waals surface area contributed by atoms with Gasteiger partial charge in [-0.1, -0.05) is 23.5 Å². The van der Waals surface area contributed by atoms with Crippen molar-refractivity contribution < 1.29 is 13.9 Å². The van der Waals surface area contributed by atoms with E-state index in [4.69, 9.17) is 9.72 Å². The summed E-state index contributed by atoms with van der Waals surface area (Å²) in [5, 5.41) is 0.968. The van der Waals surface area contributed by atoms with Gasteiger partial charge in [0.25, 0.3) is 0 Å². The number of carbonyl (C=O) groups is 1. The molecule has 8 heteroatoms. The van der Waals surface area contributed by atoms with E-state index in [0.717, 1.165) is 40.5 Å². The Morgan fingerprint density at radius 1 is 1.09 bits per heavy atom. The zero-order valence-electron chi connectivity index (χ0n) is 18.2. The van der Waals surface area contributed by atoms with Crippen molar-refractivity contribution >= 4 is 38.3 Å². The topological polar surface area (TPSA) is 48.9 Å². The molecule has 0 saturated carbocycles. The van der Waals surface area contributed by atoms with E-state index in [-0.39, 0.29) is 17.6 Å². The molecule has 2 aliphatic rings. The van der Waals surface area contributed by atoms with Gasteiger partial charge in [-0.15, -0.1) is 0 Å². The molecule has 2 saturated heterocycles. The maximum atomic E-state index is 14.1. The van der Waals surface area contributed by atoms with Crippen molar-refractivity contribution in [1.82, 2.24) is 9.88 Å². The minimum Gasteiger partial charge on any atom is -0.497 e. The fourth-order valence-electron chi connectivity index (χ4n) is 4.64. The minimum atomic E-state index is -0.205. The van der Waals surface area contributed by atoms with Gasteiger partial charge in [0.05, 0.1) is 28.9 Å². The number of rotatable bonds is 4. The Morgan fingerprint density at radius 2 is 1.91 bits per heavy atom. The zero-order valence-corrected chi connectivity index (χ0v) is 19.0. The number of ether oxygens (including phenoxy) is 1. The quantitative estimate of drug-likeness (QED) is 0.596. The molecule has 3 heterocycles. The summed E-state index contributed by atoms with van der Waals surface area (Å²) in [6, 6.07) is 12.8. The number of piperazine rings is 1. The summed E-state index contributed by atoms with van der Waals surface area (Å²) in [7, 11) is 1.67. The van der Waals surface area contributed by atoms with Crippen molar-refractivity contribution in [1.29, 1.82) is 0 Å². The molecule has 2 fully saturated rings.